The molecule has 0 spiro atoms. The maximum atomic E-state index is 11.7. The second kappa shape index (κ2) is 6.43. The van der Waals surface area contributed by atoms with Gasteiger partial charge in [0.15, 0.2) is 0 Å². The van der Waals surface area contributed by atoms with Gasteiger partial charge in [0.25, 0.3) is 0 Å². The zero-order valence-corrected chi connectivity index (χ0v) is 11.3. The van der Waals surface area contributed by atoms with Crippen molar-refractivity contribution in [2.24, 2.45) is 5.92 Å². The fraction of sp³-hybridized carbons (Fsp3) is 0.533. The van der Waals surface area contributed by atoms with Crippen molar-refractivity contribution in [1.82, 2.24) is 5.32 Å². The van der Waals surface area contributed by atoms with Crippen molar-refractivity contribution in [2.75, 3.05) is 0 Å². The molecule has 0 bridgehead atoms. The summed E-state index contributed by atoms with van der Waals surface area (Å²) in [5.41, 5.74) is 2.48. The predicted octanol–water partition coefficient (Wildman–Crippen LogP) is 3.09. The maximum Gasteiger partial charge on any atom is 0.220 e. The van der Waals surface area contributed by atoms with Crippen LogP contribution in [0.25, 0.3) is 0 Å². The molecule has 94 valence electrons. The van der Waals surface area contributed by atoms with E-state index in [1.165, 1.54) is 11.1 Å². The zero-order valence-electron chi connectivity index (χ0n) is 11.3. The molecule has 0 aliphatic heterocycles. The van der Waals surface area contributed by atoms with Gasteiger partial charge in [-0.2, -0.15) is 0 Å². The van der Waals surface area contributed by atoms with Crippen molar-refractivity contribution in [3.8, 4) is 0 Å². The Morgan fingerprint density at radius 3 is 2.29 bits per heavy atom. The highest BCUT2D eigenvalue weighted by molar-refractivity contribution is 5.76. The number of carbonyl (C=O) groups is 1. The Balaban J connectivity index is 2.35. The van der Waals surface area contributed by atoms with Crippen LogP contribution in [0.5, 0.6) is 0 Å². The number of amides is 1. The molecule has 0 saturated heterocycles. The summed E-state index contributed by atoms with van der Waals surface area (Å²) in [4.78, 5) is 11.7. The van der Waals surface area contributed by atoms with Crippen molar-refractivity contribution in [3.05, 3.63) is 35.4 Å². The van der Waals surface area contributed by atoms with Crippen LogP contribution in [0.3, 0.4) is 0 Å². The number of benzene rings is 1. The maximum absolute atomic E-state index is 11.7. The van der Waals surface area contributed by atoms with Crippen LogP contribution in [0.2, 0.25) is 0 Å². The molecule has 0 unspecified atom stereocenters. The molecule has 0 aliphatic carbocycles. The molecule has 1 N–H and O–H groups in total. The van der Waals surface area contributed by atoms with Gasteiger partial charge in [-0.25, -0.2) is 0 Å². The standard InChI is InChI=1S/C15H23NO/c1-11(2)13(4)16-15(17)10-9-14-7-5-12(3)6-8-14/h5-8,11,13H,9-10H2,1-4H3,(H,16,17)/t13-/m0/s1. The van der Waals surface area contributed by atoms with E-state index in [0.29, 0.717) is 12.3 Å². The SMILES string of the molecule is Cc1ccc(CCC(=O)N[C@@H](C)C(C)C)cc1. The third-order valence-electron chi connectivity index (χ3n) is 3.15. The van der Waals surface area contributed by atoms with Gasteiger partial charge in [-0.1, -0.05) is 43.7 Å². The van der Waals surface area contributed by atoms with Crippen LogP contribution in [-0.2, 0) is 11.2 Å². The first kappa shape index (κ1) is 13.8. The van der Waals surface area contributed by atoms with Gasteiger partial charge in [0.05, 0.1) is 0 Å². The molecule has 2 nitrogen and oxygen atoms in total. The van der Waals surface area contributed by atoms with Crippen LogP contribution >= 0.6 is 0 Å². The highest BCUT2D eigenvalue weighted by atomic mass is 16.1. The second-order valence-electron chi connectivity index (χ2n) is 5.09. The molecule has 17 heavy (non-hydrogen) atoms. The van der Waals surface area contributed by atoms with Crippen molar-refractivity contribution >= 4 is 5.91 Å². The van der Waals surface area contributed by atoms with Gasteiger partial charge in [0.2, 0.25) is 5.91 Å². The minimum atomic E-state index is 0.145. The van der Waals surface area contributed by atoms with E-state index >= 15 is 0 Å². The fourth-order valence-corrected chi connectivity index (χ4v) is 1.51. The third-order valence-corrected chi connectivity index (χ3v) is 3.15. The molecule has 1 aromatic rings. The van der Waals surface area contributed by atoms with Crippen molar-refractivity contribution in [3.63, 3.8) is 0 Å². The molecule has 1 amide bonds. The molecular formula is C15H23NO. The van der Waals surface area contributed by atoms with Crippen LogP contribution in [0, 0.1) is 12.8 Å². The van der Waals surface area contributed by atoms with Gasteiger partial charge in [0.1, 0.15) is 0 Å². The molecule has 0 aliphatic rings. The fourth-order valence-electron chi connectivity index (χ4n) is 1.51. The topological polar surface area (TPSA) is 29.1 Å². The molecule has 1 aromatic carbocycles. The van der Waals surface area contributed by atoms with Crippen molar-refractivity contribution in [1.29, 1.82) is 0 Å². The monoisotopic (exact) mass is 233 g/mol. The van der Waals surface area contributed by atoms with Gasteiger partial charge < -0.3 is 5.32 Å². The van der Waals surface area contributed by atoms with E-state index in [1.54, 1.807) is 0 Å². The average Bonchev–Trinajstić information content (AvgIpc) is 2.28. The van der Waals surface area contributed by atoms with Crippen molar-refractivity contribution < 1.29 is 4.79 Å². The Labute approximate surface area is 104 Å². The van der Waals surface area contributed by atoms with E-state index in [1.807, 2.05) is 0 Å². The molecule has 2 heteroatoms. The second-order valence-corrected chi connectivity index (χ2v) is 5.09. The number of carbonyl (C=O) groups excluding carboxylic acids is 1. The first-order valence-corrected chi connectivity index (χ1v) is 6.34. The minimum Gasteiger partial charge on any atom is -0.353 e. The lowest BCUT2D eigenvalue weighted by Crippen LogP contribution is -2.36. The average molecular weight is 233 g/mol. The summed E-state index contributed by atoms with van der Waals surface area (Å²) in [6, 6.07) is 8.61. The van der Waals surface area contributed by atoms with E-state index in [2.05, 4.69) is 57.3 Å². The Hall–Kier alpha value is -1.31. The van der Waals surface area contributed by atoms with Crippen LogP contribution in [-0.4, -0.2) is 11.9 Å². The quantitative estimate of drug-likeness (QED) is 0.832. The first-order valence-electron chi connectivity index (χ1n) is 6.34. The van der Waals surface area contributed by atoms with E-state index in [9.17, 15) is 4.79 Å². The van der Waals surface area contributed by atoms with E-state index < -0.39 is 0 Å². The highest BCUT2D eigenvalue weighted by Gasteiger charge is 2.10. The minimum absolute atomic E-state index is 0.145. The van der Waals surface area contributed by atoms with Crippen LogP contribution < -0.4 is 5.32 Å². The molecule has 0 aromatic heterocycles. The molecule has 1 rings (SSSR count). The summed E-state index contributed by atoms with van der Waals surface area (Å²) in [5, 5.41) is 3.02. The number of aryl methyl sites for hydroxylation is 2. The Kier molecular flexibility index (Phi) is 5.20. The van der Waals surface area contributed by atoms with Gasteiger partial charge in [-0.15, -0.1) is 0 Å². The molecule has 0 radical (unpaired) electrons. The van der Waals surface area contributed by atoms with Gasteiger partial charge in [0, 0.05) is 12.5 Å². The lowest BCUT2D eigenvalue weighted by molar-refractivity contribution is -0.121. The number of rotatable bonds is 5. The summed E-state index contributed by atoms with van der Waals surface area (Å²) in [5.74, 6) is 0.630. The Bertz CT molecular complexity index is 354. The lowest BCUT2D eigenvalue weighted by Gasteiger charge is -2.17. The smallest absolute Gasteiger partial charge is 0.220 e. The van der Waals surface area contributed by atoms with E-state index in [4.69, 9.17) is 0 Å². The summed E-state index contributed by atoms with van der Waals surface area (Å²) in [6.07, 6.45) is 1.39. The Morgan fingerprint density at radius 1 is 1.18 bits per heavy atom. The summed E-state index contributed by atoms with van der Waals surface area (Å²) < 4.78 is 0. The van der Waals surface area contributed by atoms with E-state index in [-0.39, 0.29) is 11.9 Å². The molecule has 0 heterocycles. The number of hydrogen-bond donors (Lipinski definition) is 1. The predicted molar refractivity (Wildman–Crippen MR) is 71.9 cm³/mol. The number of nitrogens with one attached hydrogen (secondary N) is 1. The summed E-state index contributed by atoms with van der Waals surface area (Å²) >= 11 is 0. The lowest BCUT2D eigenvalue weighted by atomic mass is 10.1. The summed E-state index contributed by atoms with van der Waals surface area (Å²) in [6.45, 7) is 8.35. The van der Waals surface area contributed by atoms with E-state index in [0.717, 1.165) is 6.42 Å². The van der Waals surface area contributed by atoms with Gasteiger partial charge in [-0.05, 0) is 31.7 Å². The molecule has 0 fully saturated rings. The zero-order chi connectivity index (χ0) is 12.8. The van der Waals surface area contributed by atoms with Crippen molar-refractivity contribution in [2.45, 2.75) is 46.6 Å². The molecule has 1 atom stereocenters. The van der Waals surface area contributed by atoms with Crippen LogP contribution in [0.15, 0.2) is 24.3 Å². The highest BCUT2D eigenvalue weighted by Crippen LogP contribution is 2.06. The third kappa shape index (κ3) is 5.03. The molecular weight excluding hydrogens is 210 g/mol. The Morgan fingerprint density at radius 2 is 1.76 bits per heavy atom. The molecule has 0 saturated carbocycles. The van der Waals surface area contributed by atoms with Gasteiger partial charge in [-0.3, -0.25) is 4.79 Å². The van der Waals surface area contributed by atoms with Crippen LogP contribution in [0.4, 0.5) is 0 Å². The summed E-state index contributed by atoms with van der Waals surface area (Å²) in [7, 11) is 0. The van der Waals surface area contributed by atoms with Crippen LogP contribution in [0.1, 0.15) is 38.3 Å². The largest absolute Gasteiger partial charge is 0.353 e. The van der Waals surface area contributed by atoms with Gasteiger partial charge >= 0.3 is 0 Å². The normalized spacial score (nSPS) is 12.5. The number of hydrogen-bond acceptors (Lipinski definition) is 1. The first-order chi connectivity index (χ1) is 7.99.